The molecule has 87 heavy (non-hydrogen) atoms. The Labute approximate surface area is 500 Å². The van der Waals surface area contributed by atoms with Crippen molar-refractivity contribution in [1.29, 1.82) is 0 Å². The Kier molecular flexibility index (Phi) is 21.5. The van der Waals surface area contributed by atoms with Crippen molar-refractivity contribution in [3.8, 4) is 12.0 Å². The van der Waals surface area contributed by atoms with E-state index in [4.69, 9.17) is 44.1 Å². The minimum absolute atomic E-state index is 0.0110. The fraction of sp³-hybridized carbons (Fsp3) is 0.333. The molecular formula is C54H55Cl2F6N15O10. The van der Waals surface area contributed by atoms with Crippen LogP contribution in [0.15, 0.2) is 97.1 Å². The number of ether oxygens (including phenoxy) is 4. The second-order valence-corrected chi connectivity index (χ2v) is 20.1. The Morgan fingerprint density at radius 3 is 1.25 bits per heavy atom. The van der Waals surface area contributed by atoms with Crippen molar-refractivity contribution < 1.29 is 74.1 Å². The predicted molar refractivity (Wildman–Crippen MR) is 301 cm³/mol. The Balaban J connectivity index is 0.000000250. The van der Waals surface area contributed by atoms with Gasteiger partial charge in [-0.2, -0.15) is 56.2 Å². The largest absolute Gasteiger partial charge is 0.467 e. The molecular weight excluding hydrogens is 1200 g/mol. The molecule has 4 amide bonds. The van der Waals surface area contributed by atoms with Crippen LogP contribution in [0, 0.1) is 0 Å². The van der Waals surface area contributed by atoms with Gasteiger partial charge in [0, 0.05) is 39.1 Å². The van der Waals surface area contributed by atoms with E-state index < -0.39 is 96.3 Å². The van der Waals surface area contributed by atoms with Crippen molar-refractivity contribution in [3.63, 3.8) is 0 Å². The molecule has 2 atom stereocenters. The van der Waals surface area contributed by atoms with Gasteiger partial charge in [0.1, 0.15) is 12.1 Å². The zero-order valence-electron chi connectivity index (χ0n) is 45.9. The molecule has 0 saturated heterocycles. The van der Waals surface area contributed by atoms with Gasteiger partial charge in [0.05, 0.1) is 25.3 Å². The maximum Gasteiger partial charge on any atom is 0.422 e. The molecule has 2 aromatic heterocycles. The molecule has 2 heterocycles. The van der Waals surface area contributed by atoms with Crippen LogP contribution in [-0.2, 0) is 39.7 Å². The van der Waals surface area contributed by atoms with Gasteiger partial charge in [-0.05, 0) is 129 Å². The summed E-state index contributed by atoms with van der Waals surface area (Å²) in [5.74, 6) is -5.07. The van der Waals surface area contributed by atoms with Gasteiger partial charge >= 0.3 is 48.1 Å². The monoisotopic (exact) mass is 1260 g/mol. The van der Waals surface area contributed by atoms with Crippen molar-refractivity contribution in [2.75, 3.05) is 61.8 Å². The first-order chi connectivity index (χ1) is 41.3. The summed E-state index contributed by atoms with van der Waals surface area (Å²) in [7, 11) is 2.33. The van der Waals surface area contributed by atoms with E-state index in [1.165, 1.54) is 55.6 Å². The number of halogens is 8. The van der Waals surface area contributed by atoms with E-state index in [1.54, 1.807) is 24.3 Å². The number of amides is 4. The zero-order chi connectivity index (χ0) is 63.1. The molecule has 2 aliphatic carbocycles. The molecule has 6 aromatic rings. The quantitative estimate of drug-likeness (QED) is 0.0168. The topological polar surface area (TPSA) is 353 Å². The summed E-state index contributed by atoms with van der Waals surface area (Å²) in [6, 6.07) is 22.9. The highest BCUT2D eigenvalue weighted by atomic mass is 35.5. The van der Waals surface area contributed by atoms with Crippen LogP contribution in [0.25, 0.3) is 0 Å². The first-order valence-corrected chi connectivity index (χ1v) is 26.8. The van der Waals surface area contributed by atoms with E-state index in [-0.39, 0.29) is 60.9 Å². The molecule has 0 radical (unpaired) electrons. The number of nitrogens with two attached hydrogens (primary N) is 2. The smallest absolute Gasteiger partial charge is 0.422 e. The summed E-state index contributed by atoms with van der Waals surface area (Å²) in [5.41, 5.74) is 12.3. The molecule has 2 saturated carbocycles. The molecule has 0 spiro atoms. The van der Waals surface area contributed by atoms with Crippen LogP contribution in [0.3, 0.4) is 0 Å². The summed E-state index contributed by atoms with van der Waals surface area (Å²) in [5, 5.41) is 20.5. The maximum atomic E-state index is 12.9. The number of primary amides is 1. The number of esters is 2. The maximum absolute atomic E-state index is 12.9. The summed E-state index contributed by atoms with van der Waals surface area (Å²) in [6.45, 7) is -3.19. The Hall–Kier alpha value is -9.36. The first-order valence-electron chi connectivity index (χ1n) is 26.1. The lowest BCUT2D eigenvalue weighted by Gasteiger charge is -2.19. The van der Waals surface area contributed by atoms with Gasteiger partial charge in [-0.3, -0.25) is 19.2 Å². The molecule has 2 aliphatic rings. The fourth-order valence-corrected chi connectivity index (χ4v) is 8.32. The highest BCUT2D eigenvalue weighted by Crippen LogP contribution is 2.49. The lowest BCUT2D eigenvalue weighted by atomic mass is 10.1. The number of benzene rings is 4. The molecule has 4 aromatic carbocycles. The van der Waals surface area contributed by atoms with Crippen molar-refractivity contribution in [2.24, 2.45) is 11.5 Å². The van der Waals surface area contributed by atoms with Gasteiger partial charge in [-0.15, -0.1) is 0 Å². The Morgan fingerprint density at radius 2 is 0.920 bits per heavy atom. The van der Waals surface area contributed by atoms with Gasteiger partial charge in [-0.1, -0.05) is 47.5 Å². The Morgan fingerprint density at radius 1 is 0.552 bits per heavy atom. The van der Waals surface area contributed by atoms with Crippen LogP contribution in [0.4, 0.5) is 61.5 Å². The van der Waals surface area contributed by atoms with Gasteiger partial charge in [0.2, 0.25) is 23.8 Å². The average Bonchev–Trinajstić information content (AvgIpc) is 1.67. The summed E-state index contributed by atoms with van der Waals surface area (Å²) in [6.07, 6.45) is -6.20. The number of alkyl halides is 6. The van der Waals surface area contributed by atoms with Crippen molar-refractivity contribution in [2.45, 2.75) is 74.0 Å². The van der Waals surface area contributed by atoms with Crippen molar-refractivity contribution >= 4 is 93.9 Å². The minimum atomic E-state index is -4.63. The van der Waals surface area contributed by atoms with E-state index >= 15 is 0 Å². The SMILES string of the molecule is COC(=O)[C@H](CCN)NC(=O)c1ccc(Nc2nc(NC3(c4ccc(Cl)cc4)CC3)nc(OCC(F)(F)F)n2)cc1.COC(=O)[C@H](CCNC(=O)C(N)=O)NC(=O)c1ccc(Nc2nc(NC3(c4ccc(Cl)cc4)CC3)nc(OCC(F)(F)F)n2)cc1. The van der Waals surface area contributed by atoms with Gasteiger partial charge < -0.3 is 67.6 Å². The van der Waals surface area contributed by atoms with Crippen molar-refractivity contribution in [1.82, 2.24) is 45.9 Å². The minimum Gasteiger partial charge on any atom is -0.467 e. The van der Waals surface area contributed by atoms with E-state index in [2.05, 4.69) is 76.6 Å². The molecule has 0 aliphatic heterocycles. The zero-order valence-corrected chi connectivity index (χ0v) is 47.4. The van der Waals surface area contributed by atoms with E-state index in [0.717, 1.165) is 31.1 Å². The van der Waals surface area contributed by atoms with Crippen LogP contribution in [0.2, 0.25) is 10.0 Å². The number of hydrogen-bond acceptors (Lipinski definition) is 21. The van der Waals surface area contributed by atoms with Crippen LogP contribution < -0.4 is 58.2 Å². The Bertz CT molecular complexity index is 3400. The second-order valence-electron chi connectivity index (χ2n) is 19.3. The fourth-order valence-electron chi connectivity index (χ4n) is 8.06. The van der Waals surface area contributed by atoms with Crippen LogP contribution in [0.5, 0.6) is 12.0 Å². The number of nitrogens with one attached hydrogen (secondary N) is 7. The lowest BCUT2D eigenvalue weighted by Crippen LogP contribution is -2.45. The van der Waals surface area contributed by atoms with Gasteiger partial charge in [0.15, 0.2) is 13.2 Å². The number of methoxy groups -OCH3 is 2. The standard InChI is InChI=1S/C28H28ClF3N8O6.C26H27ClF3N7O4/c1-45-23(44)19(10-13-34-22(43)20(33)41)36-21(42)15-2-8-18(9-3-15)35-24-37-25(39-26(38-24)46-14-28(30,31)32)40-27(11-12-27)16-4-6-17(29)7-5-16;1-40-21(39)19(10-13-31)33-20(38)15-2-8-18(9-3-15)32-22-34-23(36-24(35-22)41-14-26(28,29)30)37-25(11-12-25)16-4-6-17(27)7-5-16/h2-9,19H,10-14H2,1H3,(H2,33,41)(H,34,43)(H,36,42)(H2,35,37,38,39,40);2-9,19H,10-14,31H2,1H3,(H,33,38)(H2,32,34,35,36,37)/t2*19-/m00/s1. The number of anilines is 6. The number of carbonyl (C=O) groups excluding carboxylic acids is 6. The third-order valence-corrected chi connectivity index (χ3v) is 13.2. The number of aromatic nitrogens is 6. The second kappa shape index (κ2) is 28.7. The number of rotatable bonds is 25. The predicted octanol–water partition coefficient (Wildman–Crippen LogP) is 6.51. The van der Waals surface area contributed by atoms with Crippen LogP contribution in [-0.4, -0.2) is 130 Å². The van der Waals surface area contributed by atoms with E-state index in [9.17, 15) is 55.1 Å². The molecule has 8 rings (SSSR count). The highest BCUT2D eigenvalue weighted by Gasteiger charge is 2.46. The van der Waals surface area contributed by atoms with Crippen LogP contribution >= 0.6 is 23.2 Å². The van der Waals surface area contributed by atoms with Gasteiger partial charge in [-0.25, -0.2) is 9.59 Å². The molecule has 2 fully saturated rings. The van der Waals surface area contributed by atoms with E-state index in [0.29, 0.717) is 34.3 Å². The third-order valence-electron chi connectivity index (χ3n) is 12.7. The lowest BCUT2D eigenvalue weighted by molar-refractivity contribution is -0.155. The molecule has 462 valence electrons. The number of hydrogen-bond donors (Lipinski definition) is 9. The molecule has 0 unspecified atom stereocenters. The third kappa shape index (κ3) is 19.6. The molecule has 25 nitrogen and oxygen atoms in total. The normalized spacial score (nSPS) is 14.2. The number of nitrogens with zero attached hydrogens (tertiary/aromatic N) is 6. The van der Waals surface area contributed by atoms with Crippen molar-refractivity contribution in [3.05, 3.63) is 129 Å². The summed E-state index contributed by atoms with van der Waals surface area (Å²) < 4.78 is 96.0. The summed E-state index contributed by atoms with van der Waals surface area (Å²) in [4.78, 5) is 96.2. The first kappa shape index (κ1) is 65.2. The van der Waals surface area contributed by atoms with Crippen LogP contribution in [0.1, 0.15) is 70.4 Å². The van der Waals surface area contributed by atoms with Gasteiger partial charge in [0.25, 0.3) is 11.8 Å². The number of carbonyl (C=O) groups is 6. The summed E-state index contributed by atoms with van der Waals surface area (Å²) >= 11 is 12.0. The highest BCUT2D eigenvalue weighted by molar-refractivity contribution is 6.34. The molecule has 11 N–H and O–H groups in total. The van der Waals surface area contributed by atoms with E-state index in [1.807, 2.05) is 24.3 Å². The molecule has 0 bridgehead atoms. The molecule has 33 heteroatoms. The average molecular weight is 1260 g/mol.